The second kappa shape index (κ2) is 8.78. The molecule has 0 aromatic heterocycles. The van der Waals surface area contributed by atoms with E-state index in [2.05, 4.69) is 5.32 Å². The molecule has 0 saturated heterocycles. The van der Waals surface area contributed by atoms with Crippen LogP contribution in [0.5, 0.6) is 0 Å². The predicted octanol–water partition coefficient (Wildman–Crippen LogP) is 3.49. The molecular formula is C17H13ClF4N2O4S. The maximum Gasteiger partial charge on any atom is 0.417 e. The van der Waals surface area contributed by atoms with Crippen LogP contribution in [-0.2, 0) is 25.6 Å². The maximum atomic E-state index is 12.8. The van der Waals surface area contributed by atoms with Gasteiger partial charge in [-0.25, -0.2) is 12.8 Å². The number of amides is 2. The number of anilines is 2. The van der Waals surface area contributed by atoms with Crippen molar-refractivity contribution in [3.05, 3.63) is 58.9 Å². The van der Waals surface area contributed by atoms with Crippen LogP contribution in [0, 0.1) is 5.82 Å². The highest BCUT2D eigenvalue weighted by molar-refractivity contribution is 7.92. The Morgan fingerprint density at radius 2 is 1.38 bits per heavy atom. The number of hydrogen-bond donors (Lipinski definition) is 2. The zero-order chi connectivity index (χ0) is 21.8. The zero-order valence-corrected chi connectivity index (χ0v) is 16.0. The van der Waals surface area contributed by atoms with Crippen molar-refractivity contribution >= 4 is 44.6 Å². The zero-order valence-electron chi connectivity index (χ0n) is 14.4. The average molecular weight is 453 g/mol. The lowest BCUT2D eigenvalue weighted by Gasteiger charge is -2.12. The standard InChI is InChI=1S/C17H13ClF4N2O4S/c18-14-6-5-12(7-13(14)17(20,21)22)24-16(26)9-29(27,28)8-15(25)23-11-3-1-10(19)2-4-11/h1-7H,8-9H2,(H,23,25)(H,24,26). The van der Waals surface area contributed by atoms with Crippen LogP contribution in [0.25, 0.3) is 0 Å². The summed E-state index contributed by atoms with van der Waals surface area (Å²) in [5.41, 5.74) is -1.35. The van der Waals surface area contributed by atoms with Gasteiger partial charge in [0.2, 0.25) is 11.8 Å². The first-order chi connectivity index (χ1) is 13.4. The molecule has 0 bridgehead atoms. The largest absolute Gasteiger partial charge is 0.417 e. The summed E-state index contributed by atoms with van der Waals surface area (Å²) < 4.78 is 75.2. The number of carbonyl (C=O) groups is 2. The Kier molecular flexibility index (Phi) is 6.85. The second-order valence-electron chi connectivity index (χ2n) is 5.83. The number of nitrogens with one attached hydrogen (secondary N) is 2. The summed E-state index contributed by atoms with van der Waals surface area (Å²) in [6.07, 6.45) is -4.76. The van der Waals surface area contributed by atoms with Crippen molar-refractivity contribution in [1.82, 2.24) is 0 Å². The van der Waals surface area contributed by atoms with Crippen molar-refractivity contribution in [3.8, 4) is 0 Å². The fourth-order valence-corrected chi connectivity index (χ4v) is 3.47. The molecule has 2 aromatic carbocycles. The van der Waals surface area contributed by atoms with E-state index in [9.17, 15) is 35.6 Å². The van der Waals surface area contributed by atoms with Gasteiger partial charge in [-0.15, -0.1) is 0 Å². The third-order valence-corrected chi connectivity index (χ3v) is 5.12. The van der Waals surface area contributed by atoms with Crippen molar-refractivity contribution in [1.29, 1.82) is 0 Å². The minimum absolute atomic E-state index is 0.150. The molecule has 29 heavy (non-hydrogen) atoms. The van der Waals surface area contributed by atoms with Gasteiger partial charge in [-0.05, 0) is 42.5 Å². The number of benzene rings is 2. The molecular weight excluding hydrogens is 440 g/mol. The number of rotatable bonds is 6. The van der Waals surface area contributed by atoms with Crippen molar-refractivity contribution < 1.29 is 35.6 Å². The molecule has 2 N–H and O–H groups in total. The van der Waals surface area contributed by atoms with E-state index in [1.165, 1.54) is 12.1 Å². The second-order valence-corrected chi connectivity index (χ2v) is 8.30. The molecule has 0 aliphatic rings. The summed E-state index contributed by atoms with van der Waals surface area (Å²) in [7, 11) is -4.22. The molecule has 0 saturated carbocycles. The van der Waals surface area contributed by atoms with Gasteiger partial charge < -0.3 is 10.6 Å². The summed E-state index contributed by atoms with van der Waals surface area (Å²) in [5, 5.41) is 3.66. The maximum absolute atomic E-state index is 12.8. The number of carbonyl (C=O) groups excluding carboxylic acids is 2. The molecule has 156 valence electrons. The summed E-state index contributed by atoms with van der Waals surface area (Å²) in [6.45, 7) is 0. The summed E-state index contributed by atoms with van der Waals surface area (Å²) in [4.78, 5) is 23.7. The molecule has 2 amide bonds. The Morgan fingerprint density at radius 1 is 0.897 bits per heavy atom. The van der Waals surface area contributed by atoms with Gasteiger partial charge >= 0.3 is 6.18 Å². The van der Waals surface area contributed by atoms with Crippen molar-refractivity contribution in [2.45, 2.75) is 6.18 Å². The number of alkyl halides is 3. The van der Waals surface area contributed by atoms with E-state index in [0.29, 0.717) is 6.07 Å². The van der Waals surface area contributed by atoms with Gasteiger partial charge in [0.1, 0.15) is 17.3 Å². The first-order valence-corrected chi connectivity index (χ1v) is 9.98. The van der Waals surface area contributed by atoms with Gasteiger partial charge in [0, 0.05) is 11.4 Å². The van der Waals surface area contributed by atoms with Crippen LogP contribution in [0.2, 0.25) is 5.02 Å². The molecule has 0 unspecified atom stereocenters. The molecule has 0 fully saturated rings. The van der Waals surface area contributed by atoms with Crippen LogP contribution in [0.15, 0.2) is 42.5 Å². The molecule has 2 rings (SSSR count). The molecule has 12 heteroatoms. The minimum Gasteiger partial charge on any atom is -0.325 e. The van der Waals surface area contributed by atoms with Gasteiger partial charge in [0.25, 0.3) is 0 Å². The number of halogens is 5. The van der Waals surface area contributed by atoms with Crippen LogP contribution in [-0.4, -0.2) is 31.7 Å². The normalized spacial score (nSPS) is 11.8. The van der Waals surface area contributed by atoms with Gasteiger partial charge in [-0.3, -0.25) is 9.59 Å². The van der Waals surface area contributed by atoms with Crippen molar-refractivity contribution in [2.75, 3.05) is 22.1 Å². The highest BCUT2D eigenvalue weighted by Crippen LogP contribution is 2.36. The van der Waals surface area contributed by atoms with E-state index in [4.69, 9.17) is 11.6 Å². The molecule has 0 spiro atoms. The lowest BCUT2D eigenvalue weighted by Crippen LogP contribution is -2.30. The van der Waals surface area contributed by atoms with E-state index >= 15 is 0 Å². The van der Waals surface area contributed by atoms with Gasteiger partial charge in [-0.1, -0.05) is 11.6 Å². The predicted molar refractivity (Wildman–Crippen MR) is 98.8 cm³/mol. The topological polar surface area (TPSA) is 92.3 Å². The third kappa shape index (κ3) is 7.02. The van der Waals surface area contributed by atoms with Crippen LogP contribution in [0.3, 0.4) is 0 Å². The lowest BCUT2D eigenvalue weighted by atomic mass is 10.2. The average Bonchev–Trinajstić information content (AvgIpc) is 2.56. The third-order valence-electron chi connectivity index (χ3n) is 3.39. The molecule has 6 nitrogen and oxygen atoms in total. The lowest BCUT2D eigenvalue weighted by molar-refractivity contribution is -0.137. The van der Waals surface area contributed by atoms with Gasteiger partial charge in [0.15, 0.2) is 9.84 Å². The monoisotopic (exact) mass is 452 g/mol. The van der Waals surface area contributed by atoms with Crippen LogP contribution in [0.4, 0.5) is 28.9 Å². The van der Waals surface area contributed by atoms with E-state index in [-0.39, 0.29) is 11.4 Å². The van der Waals surface area contributed by atoms with Crippen LogP contribution in [0.1, 0.15) is 5.56 Å². The smallest absolute Gasteiger partial charge is 0.325 e. The summed E-state index contributed by atoms with van der Waals surface area (Å²) in [6, 6.07) is 7.08. The molecule has 0 aliphatic heterocycles. The van der Waals surface area contributed by atoms with E-state index in [0.717, 1.165) is 24.3 Å². The fourth-order valence-electron chi connectivity index (χ4n) is 2.20. The number of sulfone groups is 1. The van der Waals surface area contributed by atoms with E-state index in [1.807, 2.05) is 5.32 Å². The molecule has 0 aliphatic carbocycles. The first-order valence-electron chi connectivity index (χ1n) is 7.78. The van der Waals surface area contributed by atoms with Crippen molar-refractivity contribution in [3.63, 3.8) is 0 Å². The highest BCUT2D eigenvalue weighted by Gasteiger charge is 2.33. The van der Waals surface area contributed by atoms with E-state index < -0.39 is 55.7 Å². The Balaban J connectivity index is 1.98. The first kappa shape index (κ1) is 22.6. The highest BCUT2D eigenvalue weighted by atomic mass is 35.5. The van der Waals surface area contributed by atoms with Gasteiger partial charge in [0.05, 0.1) is 10.6 Å². The summed E-state index contributed by atoms with van der Waals surface area (Å²) in [5.74, 6) is -4.83. The molecule has 0 heterocycles. The Morgan fingerprint density at radius 3 is 1.90 bits per heavy atom. The van der Waals surface area contributed by atoms with Crippen LogP contribution >= 0.6 is 11.6 Å². The quantitative estimate of drug-likeness (QED) is 0.656. The van der Waals surface area contributed by atoms with Crippen molar-refractivity contribution in [2.24, 2.45) is 0 Å². The Bertz CT molecular complexity index is 1020. The summed E-state index contributed by atoms with van der Waals surface area (Å²) >= 11 is 5.46. The van der Waals surface area contributed by atoms with Crippen LogP contribution < -0.4 is 10.6 Å². The molecule has 2 aromatic rings. The SMILES string of the molecule is O=C(CS(=O)(=O)CC(=O)Nc1ccc(Cl)c(C(F)(F)F)c1)Nc1ccc(F)cc1. The fraction of sp³-hybridized carbons (Fsp3) is 0.176. The molecule has 0 radical (unpaired) electrons. The Hall–Kier alpha value is -2.66. The molecule has 0 atom stereocenters. The number of hydrogen-bond acceptors (Lipinski definition) is 4. The van der Waals surface area contributed by atoms with Gasteiger partial charge in [-0.2, -0.15) is 13.2 Å². The Labute approximate surface area is 167 Å². The minimum atomic E-state index is -4.76. The van der Waals surface area contributed by atoms with E-state index in [1.54, 1.807) is 0 Å².